The molecule has 1 aromatic carbocycles. The Morgan fingerprint density at radius 2 is 1.86 bits per heavy atom. The summed E-state index contributed by atoms with van der Waals surface area (Å²) >= 11 is 0. The normalized spacial score (nSPS) is 22.7. The van der Waals surface area contributed by atoms with Gasteiger partial charge in [0.2, 0.25) is 0 Å². The van der Waals surface area contributed by atoms with Crippen LogP contribution in [-0.4, -0.2) is 18.3 Å². The molecule has 0 aromatic heterocycles. The van der Waals surface area contributed by atoms with Crippen molar-refractivity contribution in [2.75, 3.05) is 13.2 Å². The van der Waals surface area contributed by atoms with Crippen LogP contribution in [0.4, 0.5) is 17.6 Å². The van der Waals surface area contributed by atoms with Gasteiger partial charge in [0.25, 0.3) is 0 Å². The number of aliphatic hydroxyl groups excluding tert-OH is 1. The van der Waals surface area contributed by atoms with Gasteiger partial charge in [-0.15, -0.1) is 0 Å². The SMILES string of the molecule is OCC1CCCC1CNCc1cc(F)cc(C(F)(F)F)c1. The molecular weight excluding hydrogens is 286 g/mol. The number of rotatable bonds is 5. The molecule has 0 heterocycles. The fraction of sp³-hybridized carbons (Fsp3) is 0.600. The van der Waals surface area contributed by atoms with Crippen LogP contribution in [0.15, 0.2) is 18.2 Å². The zero-order chi connectivity index (χ0) is 15.5. The molecule has 118 valence electrons. The molecule has 0 bridgehead atoms. The number of hydrogen-bond donors (Lipinski definition) is 2. The summed E-state index contributed by atoms with van der Waals surface area (Å²) in [5.41, 5.74) is -0.686. The Morgan fingerprint density at radius 3 is 2.52 bits per heavy atom. The Bertz CT molecular complexity index is 475. The summed E-state index contributed by atoms with van der Waals surface area (Å²) in [5, 5.41) is 12.3. The maximum atomic E-state index is 13.2. The molecule has 0 saturated heterocycles. The highest BCUT2D eigenvalue weighted by Crippen LogP contribution is 2.31. The fourth-order valence-electron chi connectivity index (χ4n) is 2.94. The first-order valence-electron chi connectivity index (χ1n) is 7.08. The smallest absolute Gasteiger partial charge is 0.396 e. The Labute approximate surface area is 121 Å². The van der Waals surface area contributed by atoms with Crippen LogP contribution in [0.25, 0.3) is 0 Å². The van der Waals surface area contributed by atoms with E-state index in [2.05, 4.69) is 5.32 Å². The average molecular weight is 305 g/mol. The summed E-state index contributed by atoms with van der Waals surface area (Å²) < 4.78 is 51.0. The van der Waals surface area contributed by atoms with Crippen LogP contribution in [0.3, 0.4) is 0 Å². The highest BCUT2D eigenvalue weighted by molar-refractivity contribution is 5.26. The van der Waals surface area contributed by atoms with Gasteiger partial charge in [0, 0.05) is 13.2 Å². The van der Waals surface area contributed by atoms with E-state index in [1.807, 2.05) is 0 Å². The summed E-state index contributed by atoms with van der Waals surface area (Å²) in [6, 6.07) is 2.58. The highest BCUT2D eigenvalue weighted by atomic mass is 19.4. The fourth-order valence-corrected chi connectivity index (χ4v) is 2.94. The van der Waals surface area contributed by atoms with Crippen LogP contribution in [-0.2, 0) is 12.7 Å². The van der Waals surface area contributed by atoms with Gasteiger partial charge in [-0.1, -0.05) is 6.42 Å². The Kier molecular flexibility index (Phi) is 5.22. The number of alkyl halides is 3. The van der Waals surface area contributed by atoms with Crippen molar-refractivity contribution in [1.82, 2.24) is 5.32 Å². The first-order valence-corrected chi connectivity index (χ1v) is 7.08. The number of hydrogen-bond acceptors (Lipinski definition) is 2. The lowest BCUT2D eigenvalue weighted by atomic mass is 9.97. The lowest BCUT2D eigenvalue weighted by Crippen LogP contribution is -2.26. The number of nitrogens with one attached hydrogen (secondary N) is 1. The quantitative estimate of drug-likeness (QED) is 0.818. The van der Waals surface area contributed by atoms with E-state index in [4.69, 9.17) is 0 Å². The van der Waals surface area contributed by atoms with Crippen molar-refractivity contribution in [3.8, 4) is 0 Å². The summed E-state index contributed by atoms with van der Waals surface area (Å²) in [5.74, 6) is -0.280. The third-order valence-corrected chi connectivity index (χ3v) is 4.07. The van der Waals surface area contributed by atoms with Crippen LogP contribution >= 0.6 is 0 Å². The van der Waals surface area contributed by atoms with E-state index in [1.54, 1.807) is 0 Å². The lowest BCUT2D eigenvalue weighted by molar-refractivity contribution is -0.137. The van der Waals surface area contributed by atoms with Crippen molar-refractivity contribution >= 4 is 0 Å². The predicted octanol–water partition coefficient (Wildman–Crippen LogP) is 3.34. The Morgan fingerprint density at radius 1 is 1.14 bits per heavy atom. The van der Waals surface area contributed by atoms with Crippen LogP contribution in [0.2, 0.25) is 0 Å². The molecule has 21 heavy (non-hydrogen) atoms. The van der Waals surface area contributed by atoms with E-state index in [1.165, 1.54) is 0 Å². The topological polar surface area (TPSA) is 32.3 Å². The molecule has 2 nitrogen and oxygen atoms in total. The van der Waals surface area contributed by atoms with Gasteiger partial charge in [0.1, 0.15) is 5.82 Å². The van der Waals surface area contributed by atoms with E-state index in [0.717, 1.165) is 31.4 Å². The maximum absolute atomic E-state index is 13.2. The van der Waals surface area contributed by atoms with Crippen molar-refractivity contribution in [2.45, 2.75) is 32.0 Å². The van der Waals surface area contributed by atoms with Crippen molar-refractivity contribution in [2.24, 2.45) is 11.8 Å². The minimum absolute atomic E-state index is 0.143. The van der Waals surface area contributed by atoms with E-state index in [0.29, 0.717) is 18.5 Å². The van der Waals surface area contributed by atoms with Gasteiger partial charge in [-0.2, -0.15) is 13.2 Å². The van der Waals surface area contributed by atoms with Gasteiger partial charge in [0.15, 0.2) is 0 Å². The van der Waals surface area contributed by atoms with Crippen LogP contribution in [0.1, 0.15) is 30.4 Å². The number of aliphatic hydroxyl groups is 1. The second kappa shape index (κ2) is 6.75. The lowest BCUT2D eigenvalue weighted by Gasteiger charge is -2.18. The molecule has 1 fully saturated rings. The molecule has 1 aliphatic rings. The first kappa shape index (κ1) is 16.2. The molecular formula is C15H19F4NO. The monoisotopic (exact) mass is 305 g/mol. The van der Waals surface area contributed by atoms with E-state index in [-0.39, 0.29) is 24.6 Å². The summed E-state index contributed by atoms with van der Waals surface area (Å²) in [4.78, 5) is 0. The molecule has 1 aromatic rings. The van der Waals surface area contributed by atoms with Crippen molar-refractivity contribution in [3.63, 3.8) is 0 Å². The molecule has 0 radical (unpaired) electrons. The zero-order valence-corrected chi connectivity index (χ0v) is 11.6. The van der Waals surface area contributed by atoms with E-state index < -0.39 is 17.6 Å². The molecule has 2 unspecified atom stereocenters. The molecule has 1 aliphatic carbocycles. The van der Waals surface area contributed by atoms with Gasteiger partial charge >= 0.3 is 6.18 Å². The molecule has 1 saturated carbocycles. The molecule has 6 heteroatoms. The largest absolute Gasteiger partial charge is 0.416 e. The van der Waals surface area contributed by atoms with Crippen molar-refractivity contribution in [1.29, 1.82) is 0 Å². The second-order valence-corrected chi connectivity index (χ2v) is 5.61. The molecule has 2 N–H and O–H groups in total. The third kappa shape index (κ3) is 4.41. The highest BCUT2D eigenvalue weighted by Gasteiger charge is 2.31. The van der Waals surface area contributed by atoms with Gasteiger partial charge in [-0.05, 0) is 55.0 Å². The van der Waals surface area contributed by atoms with Gasteiger partial charge in [-0.3, -0.25) is 0 Å². The number of halogens is 4. The summed E-state index contributed by atoms with van der Waals surface area (Å²) in [7, 11) is 0. The molecule has 0 spiro atoms. The maximum Gasteiger partial charge on any atom is 0.416 e. The zero-order valence-electron chi connectivity index (χ0n) is 11.6. The minimum atomic E-state index is -4.54. The minimum Gasteiger partial charge on any atom is -0.396 e. The molecule has 0 aliphatic heterocycles. The van der Waals surface area contributed by atoms with Gasteiger partial charge < -0.3 is 10.4 Å². The van der Waals surface area contributed by atoms with E-state index in [9.17, 15) is 22.7 Å². The first-order chi connectivity index (χ1) is 9.90. The average Bonchev–Trinajstić information content (AvgIpc) is 2.84. The summed E-state index contributed by atoms with van der Waals surface area (Å²) in [6.45, 7) is 0.961. The molecule has 2 rings (SSSR count). The summed E-state index contributed by atoms with van der Waals surface area (Å²) in [6.07, 6.45) is -1.48. The van der Waals surface area contributed by atoms with Crippen molar-refractivity contribution < 1.29 is 22.7 Å². The second-order valence-electron chi connectivity index (χ2n) is 5.61. The van der Waals surface area contributed by atoms with Crippen LogP contribution in [0, 0.1) is 17.7 Å². The van der Waals surface area contributed by atoms with Crippen LogP contribution < -0.4 is 5.32 Å². The predicted molar refractivity (Wildman–Crippen MR) is 71.0 cm³/mol. The van der Waals surface area contributed by atoms with Gasteiger partial charge in [0.05, 0.1) is 5.56 Å². The standard InChI is InChI=1S/C15H19F4NO/c16-14-5-10(4-13(6-14)15(17,18)19)7-20-8-11-2-1-3-12(11)9-21/h4-6,11-12,20-21H,1-3,7-9H2. The van der Waals surface area contributed by atoms with Crippen LogP contribution in [0.5, 0.6) is 0 Å². The molecule has 2 atom stereocenters. The van der Waals surface area contributed by atoms with Gasteiger partial charge in [-0.25, -0.2) is 4.39 Å². The molecule has 0 amide bonds. The van der Waals surface area contributed by atoms with Crippen molar-refractivity contribution in [3.05, 3.63) is 35.1 Å². The third-order valence-electron chi connectivity index (χ3n) is 4.07. The van der Waals surface area contributed by atoms with E-state index >= 15 is 0 Å². The number of benzene rings is 1. The Balaban J connectivity index is 1.93. The Hall–Kier alpha value is -1.14.